The number of ether oxygens (including phenoxy) is 3. The summed E-state index contributed by atoms with van der Waals surface area (Å²) in [6.45, 7) is -0.521. The van der Waals surface area contributed by atoms with Gasteiger partial charge in [-0.05, 0) is 29.8 Å². The van der Waals surface area contributed by atoms with Gasteiger partial charge < -0.3 is 19.5 Å². The molecule has 2 aromatic carbocycles. The Balaban J connectivity index is 1.69. The lowest BCUT2D eigenvalue weighted by Crippen LogP contribution is -2.41. The van der Waals surface area contributed by atoms with E-state index in [1.54, 1.807) is 26.4 Å². The summed E-state index contributed by atoms with van der Waals surface area (Å²) >= 11 is 0. The van der Waals surface area contributed by atoms with E-state index in [9.17, 15) is 14.4 Å². The van der Waals surface area contributed by atoms with Crippen molar-refractivity contribution in [2.75, 3.05) is 34.4 Å². The first-order valence-electron chi connectivity index (χ1n) is 10.3. The van der Waals surface area contributed by atoms with Gasteiger partial charge in [0.05, 0.1) is 39.6 Å². The smallest absolute Gasteiger partial charge is 0.325 e. The third-order valence-corrected chi connectivity index (χ3v) is 5.59. The molecule has 1 atom stereocenters. The second-order valence-corrected chi connectivity index (χ2v) is 7.49. The molecule has 2 aliphatic rings. The maximum absolute atomic E-state index is 13.2. The standard InChI is InChI=1S/C23H24N4O6/c1-31-16-6-4-5-14(9-16)17-11-18(15-7-8-19(32-2)20(10-15)33-3)27(25-17)22(29)13-26-21(28)12-24-23(26)30/h4-10,18H,11-13H2,1-3H3,(H,24,30). The third kappa shape index (κ3) is 4.32. The molecule has 2 aromatic rings. The average molecular weight is 452 g/mol. The van der Waals surface area contributed by atoms with Crippen molar-refractivity contribution < 1.29 is 28.6 Å². The highest BCUT2D eigenvalue weighted by molar-refractivity contribution is 6.06. The first kappa shape index (κ1) is 22.1. The number of amides is 4. The van der Waals surface area contributed by atoms with E-state index in [4.69, 9.17) is 14.2 Å². The Morgan fingerprint density at radius 2 is 1.85 bits per heavy atom. The van der Waals surface area contributed by atoms with Gasteiger partial charge in [-0.1, -0.05) is 18.2 Å². The fourth-order valence-electron chi connectivity index (χ4n) is 3.86. The van der Waals surface area contributed by atoms with Gasteiger partial charge in [0.2, 0.25) is 0 Å². The molecule has 1 unspecified atom stereocenters. The number of hydrogen-bond donors (Lipinski definition) is 1. The van der Waals surface area contributed by atoms with Crippen LogP contribution < -0.4 is 19.5 Å². The number of benzene rings is 2. The zero-order valence-electron chi connectivity index (χ0n) is 18.5. The highest BCUT2D eigenvalue weighted by Crippen LogP contribution is 2.37. The number of carbonyl (C=O) groups is 3. The normalized spacial score (nSPS) is 17.7. The molecule has 4 amide bonds. The van der Waals surface area contributed by atoms with Crippen LogP contribution in [-0.4, -0.2) is 67.9 Å². The largest absolute Gasteiger partial charge is 0.497 e. The number of imide groups is 1. The predicted octanol–water partition coefficient (Wildman–Crippen LogP) is 1.94. The minimum absolute atomic E-state index is 0.121. The van der Waals surface area contributed by atoms with Crippen molar-refractivity contribution >= 4 is 23.6 Å². The van der Waals surface area contributed by atoms with Gasteiger partial charge in [0.15, 0.2) is 11.5 Å². The van der Waals surface area contributed by atoms with Gasteiger partial charge in [-0.2, -0.15) is 5.10 Å². The number of methoxy groups -OCH3 is 3. The number of hydrazone groups is 1. The minimum Gasteiger partial charge on any atom is -0.497 e. The third-order valence-electron chi connectivity index (χ3n) is 5.59. The lowest BCUT2D eigenvalue weighted by Gasteiger charge is -2.24. The Bertz CT molecular complexity index is 1120. The minimum atomic E-state index is -0.591. The molecule has 2 aliphatic heterocycles. The van der Waals surface area contributed by atoms with E-state index in [-0.39, 0.29) is 6.54 Å². The number of urea groups is 1. The molecule has 10 nitrogen and oxygen atoms in total. The highest BCUT2D eigenvalue weighted by atomic mass is 16.5. The molecule has 0 saturated carbocycles. The Hall–Kier alpha value is -4.08. The molecule has 0 spiro atoms. The van der Waals surface area contributed by atoms with Crippen molar-refractivity contribution in [3.05, 3.63) is 53.6 Å². The monoisotopic (exact) mass is 452 g/mol. The lowest BCUT2D eigenvalue weighted by atomic mass is 9.98. The molecule has 10 heteroatoms. The van der Waals surface area contributed by atoms with E-state index in [1.807, 2.05) is 30.3 Å². The Morgan fingerprint density at radius 1 is 1.06 bits per heavy atom. The Morgan fingerprint density at radius 3 is 2.52 bits per heavy atom. The molecule has 1 N–H and O–H groups in total. The van der Waals surface area contributed by atoms with Crippen LogP contribution in [0.3, 0.4) is 0 Å². The van der Waals surface area contributed by atoms with E-state index in [1.165, 1.54) is 12.1 Å². The maximum atomic E-state index is 13.2. The van der Waals surface area contributed by atoms with Crippen molar-refractivity contribution in [3.63, 3.8) is 0 Å². The molecule has 1 fully saturated rings. The molecule has 0 radical (unpaired) electrons. The molecule has 2 heterocycles. The summed E-state index contributed by atoms with van der Waals surface area (Å²) in [5.41, 5.74) is 2.27. The summed E-state index contributed by atoms with van der Waals surface area (Å²) in [7, 11) is 4.66. The molecule has 33 heavy (non-hydrogen) atoms. The quantitative estimate of drug-likeness (QED) is 0.643. The SMILES string of the molecule is COc1cccc(C2=NN(C(=O)CN3C(=O)CNC3=O)C(c3ccc(OC)c(OC)c3)C2)c1. The van der Waals surface area contributed by atoms with Gasteiger partial charge in [0.1, 0.15) is 12.3 Å². The van der Waals surface area contributed by atoms with Crippen molar-refractivity contribution in [1.82, 2.24) is 15.2 Å². The lowest BCUT2D eigenvalue weighted by molar-refractivity contribution is -0.137. The summed E-state index contributed by atoms with van der Waals surface area (Å²) in [5, 5.41) is 8.33. The van der Waals surface area contributed by atoms with E-state index in [0.29, 0.717) is 29.4 Å². The van der Waals surface area contributed by atoms with Gasteiger partial charge in [-0.25, -0.2) is 9.80 Å². The molecule has 0 aromatic heterocycles. The van der Waals surface area contributed by atoms with E-state index >= 15 is 0 Å². The fourth-order valence-corrected chi connectivity index (χ4v) is 3.86. The van der Waals surface area contributed by atoms with Gasteiger partial charge >= 0.3 is 6.03 Å². The molecule has 0 bridgehead atoms. The topological polar surface area (TPSA) is 110 Å². The second kappa shape index (κ2) is 9.19. The van der Waals surface area contributed by atoms with Crippen LogP contribution in [0.5, 0.6) is 17.2 Å². The zero-order chi connectivity index (χ0) is 23.5. The van der Waals surface area contributed by atoms with Crippen molar-refractivity contribution in [1.29, 1.82) is 0 Å². The van der Waals surface area contributed by atoms with Gasteiger partial charge in [0.25, 0.3) is 11.8 Å². The average Bonchev–Trinajstić information content (AvgIpc) is 3.43. The molecular weight excluding hydrogens is 428 g/mol. The predicted molar refractivity (Wildman–Crippen MR) is 118 cm³/mol. The molecule has 172 valence electrons. The van der Waals surface area contributed by atoms with Crippen LogP contribution in [-0.2, 0) is 9.59 Å². The summed E-state index contributed by atoms with van der Waals surface area (Å²) < 4.78 is 16.1. The van der Waals surface area contributed by atoms with Crippen LogP contribution in [0, 0.1) is 0 Å². The summed E-state index contributed by atoms with van der Waals surface area (Å²) in [4.78, 5) is 38.0. The van der Waals surface area contributed by atoms with Crippen LogP contribution in [0.15, 0.2) is 47.6 Å². The maximum Gasteiger partial charge on any atom is 0.325 e. The number of rotatable bonds is 7. The van der Waals surface area contributed by atoms with Gasteiger partial charge in [-0.15, -0.1) is 0 Å². The van der Waals surface area contributed by atoms with E-state index in [2.05, 4.69) is 10.4 Å². The summed E-state index contributed by atoms with van der Waals surface area (Å²) in [6, 6.07) is 11.7. The Labute approximate surface area is 190 Å². The van der Waals surface area contributed by atoms with Crippen molar-refractivity contribution in [3.8, 4) is 17.2 Å². The van der Waals surface area contributed by atoms with Gasteiger partial charge in [-0.3, -0.25) is 14.5 Å². The number of nitrogens with one attached hydrogen (secondary N) is 1. The van der Waals surface area contributed by atoms with Gasteiger partial charge in [0, 0.05) is 12.0 Å². The Kier molecular flexibility index (Phi) is 6.16. The highest BCUT2D eigenvalue weighted by Gasteiger charge is 2.37. The number of nitrogens with zero attached hydrogens (tertiary/aromatic N) is 3. The van der Waals surface area contributed by atoms with Crippen LogP contribution in [0.4, 0.5) is 4.79 Å². The first-order chi connectivity index (χ1) is 15.9. The van der Waals surface area contributed by atoms with Crippen molar-refractivity contribution in [2.45, 2.75) is 12.5 Å². The number of hydrogen-bond acceptors (Lipinski definition) is 7. The second-order valence-electron chi connectivity index (χ2n) is 7.49. The van der Waals surface area contributed by atoms with E-state index < -0.39 is 30.4 Å². The molecule has 0 aliphatic carbocycles. The van der Waals surface area contributed by atoms with Crippen LogP contribution in [0.2, 0.25) is 0 Å². The van der Waals surface area contributed by atoms with Crippen LogP contribution in [0.1, 0.15) is 23.6 Å². The molecular formula is C23H24N4O6. The fraction of sp³-hybridized carbons (Fsp3) is 0.304. The summed E-state index contributed by atoms with van der Waals surface area (Å²) in [5.74, 6) is 0.823. The molecule has 4 rings (SSSR count). The van der Waals surface area contributed by atoms with Crippen LogP contribution >= 0.6 is 0 Å². The van der Waals surface area contributed by atoms with Crippen molar-refractivity contribution in [2.24, 2.45) is 5.10 Å². The van der Waals surface area contributed by atoms with E-state index in [0.717, 1.165) is 16.0 Å². The first-order valence-corrected chi connectivity index (χ1v) is 10.3. The van der Waals surface area contributed by atoms with Crippen LogP contribution in [0.25, 0.3) is 0 Å². The number of carbonyl (C=O) groups excluding carboxylic acids is 3. The molecule has 1 saturated heterocycles. The summed E-state index contributed by atoms with van der Waals surface area (Å²) in [6.07, 6.45) is 0.425. The zero-order valence-corrected chi connectivity index (χ0v) is 18.5.